The van der Waals surface area contributed by atoms with Crippen molar-refractivity contribution in [2.75, 3.05) is 30.9 Å². The number of nitrogens with one attached hydrogen (secondary N) is 1. The zero-order valence-corrected chi connectivity index (χ0v) is 16.2. The van der Waals surface area contributed by atoms with Gasteiger partial charge in [-0.15, -0.1) is 0 Å². The first kappa shape index (κ1) is 18.9. The summed E-state index contributed by atoms with van der Waals surface area (Å²) in [5, 5.41) is 0. The fraction of sp³-hybridized carbons (Fsp3) is 0.350. The minimum atomic E-state index is -4.01. The van der Waals surface area contributed by atoms with Crippen molar-refractivity contribution in [3.63, 3.8) is 0 Å². The standard InChI is InChI=1S/C20H22FN3O3S/c21-18-8-1-2-9-19(18)22-28(26,27)17-7-3-5-15(13-17)20(25)24-12-11-23-10-4-6-16(23)14-24/h1-3,5,7-9,13,16,22H,4,6,10-12,14H2/t16-/m0/s1. The summed E-state index contributed by atoms with van der Waals surface area (Å²) in [6, 6.07) is 11.9. The summed E-state index contributed by atoms with van der Waals surface area (Å²) in [5.74, 6) is -0.831. The molecule has 28 heavy (non-hydrogen) atoms. The first-order valence-electron chi connectivity index (χ1n) is 9.35. The van der Waals surface area contributed by atoms with Crippen molar-refractivity contribution in [3.05, 3.63) is 59.9 Å². The van der Waals surface area contributed by atoms with Crippen LogP contribution in [0.15, 0.2) is 53.4 Å². The Kier molecular flexibility index (Phi) is 5.07. The molecule has 0 aliphatic carbocycles. The highest BCUT2D eigenvalue weighted by Gasteiger charge is 2.33. The molecule has 2 heterocycles. The van der Waals surface area contributed by atoms with Crippen LogP contribution < -0.4 is 4.72 Å². The van der Waals surface area contributed by atoms with E-state index < -0.39 is 15.8 Å². The van der Waals surface area contributed by atoms with Crippen LogP contribution in [0.4, 0.5) is 10.1 Å². The van der Waals surface area contributed by atoms with Crippen LogP contribution in [0, 0.1) is 5.82 Å². The monoisotopic (exact) mass is 403 g/mol. The van der Waals surface area contributed by atoms with E-state index in [9.17, 15) is 17.6 Å². The molecule has 6 nitrogen and oxygen atoms in total. The van der Waals surface area contributed by atoms with Crippen molar-refractivity contribution in [2.24, 2.45) is 0 Å². The predicted octanol–water partition coefficient (Wildman–Crippen LogP) is 2.55. The lowest BCUT2D eigenvalue weighted by Gasteiger charge is -2.37. The topological polar surface area (TPSA) is 69.7 Å². The Balaban J connectivity index is 1.54. The predicted molar refractivity (Wildman–Crippen MR) is 104 cm³/mol. The molecule has 0 unspecified atom stereocenters. The van der Waals surface area contributed by atoms with Crippen LogP contribution in [0.25, 0.3) is 0 Å². The van der Waals surface area contributed by atoms with Gasteiger partial charge in [-0.05, 0) is 49.7 Å². The zero-order valence-electron chi connectivity index (χ0n) is 15.3. The molecule has 4 rings (SSSR count). The van der Waals surface area contributed by atoms with Crippen molar-refractivity contribution < 1.29 is 17.6 Å². The van der Waals surface area contributed by atoms with Gasteiger partial charge in [0.1, 0.15) is 5.82 Å². The molecule has 2 saturated heterocycles. The van der Waals surface area contributed by atoms with Crippen LogP contribution >= 0.6 is 0 Å². The van der Waals surface area contributed by atoms with Crippen LogP contribution in [-0.4, -0.2) is 56.3 Å². The van der Waals surface area contributed by atoms with Crippen molar-refractivity contribution in [3.8, 4) is 0 Å². The Labute approximate surface area is 164 Å². The van der Waals surface area contributed by atoms with E-state index >= 15 is 0 Å². The number of nitrogens with zero attached hydrogens (tertiary/aromatic N) is 2. The number of carbonyl (C=O) groups is 1. The maximum Gasteiger partial charge on any atom is 0.262 e. The molecule has 8 heteroatoms. The molecular formula is C20H22FN3O3S. The molecule has 0 saturated carbocycles. The second-order valence-corrected chi connectivity index (χ2v) is 8.88. The quantitative estimate of drug-likeness (QED) is 0.852. The molecule has 2 aromatic rings. The molecule has 148 valence electrons. The number of carbonyl (C=O) groups excluding carboxylic acids is 1. The highest BCUT2D eigenvalue weighted by atomic mass is 32.2. The summed E-state index contributed by atoms with van der Waals surface area (Å²) < 4.78 is 41.3. The van der Waals surface area contributed by atoms with E-state index in [-0.39, 0.29) is 16.5 Å². The highest BCUT2D eigenvalue weighted by molar-refractivity contribution is 7.92. The van der Waals surface area contributed by atoms with E-state index in [4.69, 9.17) is 0 Å². The molecule has 0 spiro atoms. The Morgan fingerprint density at radius 3 is 2.71 bits per heavy atom. The van der Waals surface area contributed by atoms with E-state index in [1.165, 1.54) is 36.4 Å². The third kappa shape index (κ3) is 3.74. The number of halogens is 1. The molecule has 0 radical (unpaired) electrons. The normalized spacial score (nSPS) is 20.0. The first-order valence-corrected chi connectivity index (χ1v) is 10.8. The molecule has 2 aromatic carbocycles. The number of piperazine rings is 1. The first-order chi connectivity index (χ1) is 13.4. The van der Waals surface area contributed by atoms with Crippen LogP contribution in [0.2, 0.25) is 0 Å². The van der Waals surface area contributed by atoms with Crippen LogP contribution in [0.3, 0.4) is 0 Å². The lowest BCUT2D eigenvalue weighted by Crippen LogP contribution is -2.52. The smallest absolute Gasteiger partial charge is 0.262 e. The molecule has 1 atom stereocenters. The summed E-state index contributed by atoms with van der Waals surface area (Å²) in [4.78, 5) is 17.0. The van der Waals surface area contributed by atoms with Crippen molar-refractivity contribution in [1.82, 2.24) is 9.80 Å². The second-order valence-electron chi connectivity index (χ2n) is 7.20. The van der Waals surface area contributed by atoms with Gasteiger partial charge in [-0.1, -0.05) is 18.2 Å². The molecule has 0 aromatic heterocycles. The van der Waals surface area contributed by atoms with Crippen molar-refractivity contribution in [1.29, 1.82) is 0 Å². The number of para-hydroxylation sites is 1. The number of amides is 1. The van der Waals surface area contributed by atoms with Crippen molar-refractivity contribution >= 4 is 21.6 Å². The van der Waals surface area contributed by atoms with Gasteiger partial charge in [0.2, 0.25) is 0 Å². The Hall–Kier alpha value is -2.45. The van der Waals surface area contributed by atoms with E-state index in [1.54, 1.807) is 17.0 Å². The Morgan fingerprint density at radius 2 is 1.89 bits per heavy atom. The fourth-order valence-corrected chi connectivity index (χ4v) is 5.01. The van der Waals surface area contributed by atoms with Crippen LogP contribution in [0.5, 0.6) is 0 Å². The number of fused-ring (bicyclic) bond motifs is 1. The average molecular weight is 403 g/mol. The molecule has 1 N–H and O–H groups in total. The van der Waals surface area contributed by atoms with Gasteiger partial charge in [0.15, 0.2) is 0 Å². The van der Waals surface area contributed by atoms with Gasteiger partial charge >= 0.3 is 0 Å². The average Bonchev–Trinajstić information content (AvgIpc) is 3.17. The second kappa shape index (κ2) is 7.52. The molecule has 2 aliphatic heterocycles. The van der Waals surface area contributed by atoms with Gasteiger partial charge in [0.05, 0.1) is 10.6 Å². The van der Waals surface area contributed by atoms with Gasteiger partial charge in [0, 0.05) is 31.2 Å². The third-order valence-electron chi connectivity index (χ3n) is 5.38. The summed E-state index contributed by atoms with van der Waals surface area (Å²) in [5.41, 5.74) is 0.194. The van der Waals surface area contributed by atoms with Gasteiger partial charge in [-0.25, -0.2) is 12.8 Å². The molecule has 2 aliphatic rings. The SMILES string of the molecule is O=C(c1cccc(S(=O)(=O)Nc2ccccc2F)c1)N1CCN2CCC[C@H]2C1. The summed E-state index contributed by atoms with van der Waals surface area (Å²) in [6.07, 6.45) is 2.24. The van der Waals surface area contributed by atoms with Crippen LogP contribution in [0.1, 0.15) is 23.2 Å². The number of sulfonamides is 1. The Bertz CT molecular complexity index is 996. The molecule has 2 fully saturated rings. The van der Waals surface area contributed by atoms with E-state index in [0.29, 0.717) is 24.7 Å². The lowest BCUT2D eigenvalue weighted by atomic mass is 10.1. The van der Waals surface area contributed by atoms with E-state index in [0.717, 1.165) is 25.9 Å². The third-order valence-corrected chi connectivity index (χ3v) is 6.75. The number of benzene rings is 2. The largest absolute Gasteiger partial charge is 0.336 e. The van der Waals surface area contributed by atoms with Crippen molar-refractivity contribution in [2.45, 2.75) is 23.8 Å². The van der Waals surface area contributed by atoms with E-state index in [1.807, 2.05) is 0 Å². The minimum Gasteiger partial charge on any atom is -0.336 e. The summed E-state index contributed by atoms with van der Waals surface area (Å²) in [6.45, 7) is 3.24. The van der Waals surface area contributed by atoms with Gasteiger partial charge < -0.3 is 4.90 Å². The maximum atomic E-state index is 13.8. The fourth-order valence-electron chi connectivity index (χ4n) is 3.90. The zero-order chi connectivity index (χ0) is 19.7. The Morgan fingerprint density at radius 1 is 1.07 bits per heavy atom. The minimum absolute atomic E-state index is 0.0684. The number of anilines is 1. The molecule has 1 amide bonds. The summed E-state index contributed by atoms with van der Waals surface area (Å²) >= 11 is 0. The molecular weight excluding hydrogens is 381 g/mol. The summed E-state index contributed by atoms with van der Waals surface area (Å²) in [7, 11) is -4.01. The van der Waals surface area contributed by atoms with Gasteiger partial charge in [-0.2, -0.15) is 0 Å². The lowest BCUT2D eigenvalue weighted by molar-refractivity contribution is 0.0571. The van der Waals surface area contributed by atoms with Crippen LogP contribution in [-0.2, 0) is 10.0 Å². The van der Waals surface area contributed by atoms with Gasteiger partial charge in [0.25, 0.3) is 15.9 Å². The number of hydrogen-bond acceptors (Lipinski definition) is 4. The molecule has 0 bridgehead atoms. The number of hydrogen-bond donors (Lipinski definition) is 1. The number of rotatable bonds is 4. The van der Waals surface area contributed by atoms with E-state index in [2.05, 4.69) is 9.62 Å². The maximum absolute atomic E-state index is 13.8. The van der Waals surface area contributed by atoms with Gasteiger partial charge in [-0.3, -0.25) is 14.4 Å². The highest BCUT2D eigenvalue weighted by Crippen LogP contribution is 2.24.